The maximum atomic E-state index is 12.0. The van der Waals surface area contributed by atoms with Crippen LogP contribution >= 0.6 is 0 Å². The van der Waals surface area contributed by atoms with Gasteiger partial charge in [0.05, 0.1) is 0 Å². The largest absolute Gasteiger partial charge is 0.573 e. The van der Waals surface area contributed by atoms with Crippen LogP contribution in [0.15, 0.2) is 48.5 Å². The second-order valence-corrected chi connectivity index (χ2v) is 4.07. The van der Waals surface area contributed by atoms with Gasteiger partial charge in [-0.1, -0.05) is 0 Å². The van der Waals surface area contributed by atoms with Crippen LogP contribution in [0.2, 0.25) is 0 Å². The van der Waals surface area contributed by atoms with Crippen molar-refractivity contribution >= 4 is 11.6 Å². The lowest BCUT2D eigenvalue weighted by Crippen LogP contribution is -2.17. The summed E-state index contributed by atoms with van der Waals surface area (Å²) in [5.41, 5.74) is 0.631. The Labute approximate surface area is 117 Å². The molecule has 4 nitrogen and oxygen atoms in total. The molecule has 0 bridgehead atoms. The Hall–Kier alpha value is -2.70. The van der Waals surface area contributed by atoms with Crippen molar-refractivity contribution in [1.29, 1.82) is 0 Å². The molecule has 0 unspecified atom stereocenters. The number of anilines is 1. The van der Waals surface area contributed by atoms with E-state index in [1.165, 1.54) is 36.4 Å². The van der Waals surface area contributed by atoms with Crippen LogP contribution in [0.5, 0.6) is 11.5 Å². The number of alkyl halides is 3. The van der Waals surface area contributed by atoms with Gasteiger partial charge in [-0.25, -0.2) is 0 Å². The van der Waals surface area contributed by atoms with Crippen molar-refractivity contribution in [3.05, 3.63) is 54.1 Å². The van der Waals surface area contributed by atoms with Crippen molar-refractivity contribution in [3.8, 4) is 11.5 Å². The SMILES string of the molecule is O=C(Nc1ccc(O)cc1)c1ccc(OC(F)(F)F)cc1. The van der Waals surface area contributed by atoms with Gasteiger partial charge in [-0.05, 0) is 48.5 Å². The van der Waals surface area contributed by atoms with Crippen LogP contribution in [0.4, 0.5) is 18.9 Å². The number of benzene rings is 2. The summed E-state index contributed by atoms with van der Waals surface area (Å²) in [6.45, 7) is 0. The quantitative estimate of drug-likeness (QED) is 0.852. The molecule has 0 aromatic heterocycles. The van der Waals surface area contributed by atoms with Gasteiger partial charge in [0, 0.05) is 11.3 Å². The molecule has 2 aromatic rings. The van der Waals surface area contributed by atoms with Crippen LogP contribution in [0.1, 0.15) is 10.4 Å². The van der Waals surface area contributed by atoms with Crippen LogP contribution in [-0.2, 0) is 0 Å². The lowest BCUT2D eigenvalue weighted by Gasteiger charge is -2.09. The van der Waals surface area contributed by atoms with Crippen molar-refractivity contribution in [2.45, 2.75) is 6.36 Å². The number of halogens is 3. The summed E-state index contributed by atoms with van der Waals surface area (Å²) >= 11 is 0. The van der Waals surface area contributed by atoms with Gasteiger partial charge in [0.25, 0.3) is 5.91 Å². The number of carbonyl (C=O) groups excluding carboxylic acids is 1. The zero-order valence-corrected chi connectivity index (χ0v) is 10.5. The van der Waals surface area contributed by atoms with Crippen molar-refractivity contribution in [2.75, 3.05) is 5.32 Å². The van der Waals surface area contributed by atoms with E-state index < -0.39 is 18.0 Å². The second-order valence-electron chi connectivity index (χ2n) is 4.07. The molecule has 0 aliphatic rings. The first kappa shape index (κ1) is 14.7. The lowest BCUT2D eigenvalue weighted by molar-refractivity contribution is -0.274. The average molecular weight is 297 g/mol. The normalized spacial score (nSPS) is 11.0. The molecule has 0 fully saturated rings. The molecule has 1 amide bonds. The minimum absolute atomic E-state index is 0.0571. The first-order valence-corrected chi connectivity index (χ1v) is 5.80. The highest BCUT2D eigenvalue weighted by Gasteiger charge is 2.31. The number of ether oxygens (including phenoxy) is 1. The Morgan fingerprint density at radius 1 is 1.00 bits per heavy atom. The van der Waals surface area contributed by atoms with Crippen molar-refractivity contribution in [2.24, 2.45) is 0 Å². The van der Waals surface area contributed by atoms with E-state index in [9.17, 15) is 18.0 Å². The van der Waals surface area contributed by atoms with Gasteiger partial charge >= 0.3 is 6.36 Å². The summed E-state index contributed by atoms with van der Waals surface area (Å²) in [5.74, 6) is -0.829. The number of carbonyl (C=O) groups is 1. The van der Waals surface area contributed by atoms with E-state index in [1.54, 1.807) is 0 Å². The Morgan fingerprint density at radius 2 is 1.57 bits per heavy atom. The number of phenolic OH excluding ortho intramolecular Hbond substituents is 1. The number of amides is 1. The summed E-state index contributed by atoms with van der Waals surface area (Å²) < 4.78 is 39.7. The summed E-state index contributed by atoms with van der Waals surface area (Å²) in [6, 6.07) is 10.3. The molecule has 0 saturated heterocycles. The van der Waals surface area contributed by atoms with Crippen LogP contribution in [0.3, 0.4) is 0 Å². The van der Waals surface area contributed by atoms with Gasteiger partial charge < -0.3 is 15.2 Å². The molecule has 0 atom stereocenters. The highest BCUT2D eigenvalue weighted by Crippen LogP contribution is 2.23. The van der Waals surface area contributed by atoms with Crippen molar-refractivity contribution < 1.29 is 27.8 Å². The third-order valence-electron chi connectivity index (χ3n) is 2.48. The summed E-state index contributed by atoms with van der Waals surface area (Å²) in [6.07, 6.45) is -4.77. The molecular weight excluding hydrogens is 287 g/mol. The molecule has 0 radical (unpaired) electrons. The molecule has 21 heavy (non-hydrogen) atoms. The molecule has 2 rings (SSSR count). The van der Waals surface area contributed by atoms with E-state index >= 15 is 0 Å². The molecule has 0 heterocycles. The van der Waals surface area contributed by atoms with E-state index in [2.05, 4.69) is 10.1 Å². The lowest BCUT2D eigenvalue weighted by atomic mass is 10.2. The van der Waals surface area contributed by atoms with E-state index in [1.807, 2.05) is 0 Å². The van der Waals surface area contributed by atoms with Crippen LogP contribution in [0.25, 0.3) is 0 Å². The van der Waals surface area contributed by atoms with E-state index in [4.69, 9.17) is 5.11 Å². The Balaban J connectivity index is 2.04. The van der Waals surface area contributed by atoms with Crippen LogP contribution in [-0.4, -0.2) is 17.4 Å². The summed E-state index contributed by atoms with van der Waals surface area (Å²) in [5, 5.41) is 11.7. The summed E-state index contributed by atoms with van der Waals surface area (Å²) in [7, 11) is 0. The highest BCUT2D eigenvalue weighted by atomic mass is 19.4. The van der Waals surface area contributed by atoms with E-state index in [0.29, 0.717) is 5.69 Å². The Kier molecular flexibility index (Phi) is 4.02. The van der Waals surface area contributed by atoms with Crippen molar-refractivity contribution in [3.63, 3.8) is 0 Å². The van der Waals surface area contributed by atoms with Crippen LogP contribution in [0, 0.1) is 0 Å². The number of nitrogens with one attached hydrogen (secondary N) is 1. The van der Waals surface area contributed by atoms with Gasteiger partial charge in [0.2, 0.25) is 0 Å². The predicted molar refractivity (Wildman–Crippen MR) is 69.2 cm³/mol. The standard InChI is InChI=1S/C14H10F3NO3/c15-14(16,17)21-12-7-1-9(2-8-12)13(20)18-10-3-5-11(19)6-4-10/h1-8,19H,(H,18,20). The number of phenols is 1. The Bertz CT molecular complexity index is 621. The van der Waals surface area contributed by atoms with Gasteiger partial charge in [0.1, 0.15) is 11.5 Å². The number of aromatic hydroxyl groups is 1. The number of rotatable bonds is 3. The zero-order valence-electron chi connectivity index (χ0n) is 10.5. The fraction of sp³-hybridized carbons (Fsp3) is 0.0714. The molecule has 0 aliphatic carbocycles. The predicted octanol–water partition coefficient (Wildman–Crippen LogP) is 3.54. The molecular formula is C14H10F3NO3. The first-order chi connectivity index (χ1) is 9.83. The monoisotopic (exact) mass is 297 g/mol. The molecule has 0 spiro atoms. The molecule has 2 N–H and O–H groups in total. The molecule has 110 valence electrons. The average Bonchev–Trinajstić information content (AvgIpc) is 2.40. The topological polar surface area (TPSA) is 58.6 Å². The van der Waals surface area contributed by atoms with Crippen LogP contribution < -0.4 is 10.1 Å². The van der Waals surface area contributed by atoms with Gasteiger partial charge in [-0.15, -0.1) is 13.2 Å². The van der Waals surface area contributed by atoms with Gasteiger partial charge in [0.15, 0.2) is 0 Å². The molecule has 0 aliphatic heterocycles. The third kappa shape index (κ3) is 4.41. The first-order valence-electron chi connectivity index (χ1n) is 5.80. The number of hydrogen-bond donors (Lipinski definition) is 2. The maximum Gasteiger partial charge on any atom is 0.573 e. The van der Waals surface area contributed by atoms with Gasteiger partial charge in [-0.3, -0.25) is 4.79 Å². The smallest absolute Gasteiger partial charge is 0.508 e. The highest BCUT2D eigenvalue weighted by molar-refractivity contribution is 6.04. The minimum atomic E-state index is -4.77. The maximum absolute atomic E-state index is 12.0. The number of hydrogen-bond acceptors (Lipinski definition) is 3. The van der Waals surface area contributed by atoms with Gasteiger partial charge in [-0.2, -0.15) is 0 Å². The minimum Gasteiger partial charge on any atom is -0.508 e. The molecule has 7 heteroatoms. The molecule has 0 saturated carbocycles. The fourth-order valence-corrected chi connectivity index (χ4v) is 1.56. The fourth-order valence-electron chi connectivity index (χ4n) is 1.56. The zero-order chi connectivity index (χ0) is 15.5. The Morgan fingerprint density at radius 3 is 2.10 bits per heavy atom. The van der Waals surface area contributed by atoms with E-state index in [0.717, 1.165) is 12.1 Å². The molecule has 2 aromatic carbocycles. The summed E-state index contributed by atoms with van der Waals surface area (Å²) in [4.78, 5) is 11.9. The second kappa shape index (κ2) is 5.74. The van der Waals surface area contributed by atoms with E-state index in [-0.39, 0.29) is 11.3 Å². The third-order valence-corrected chi connectivity index (χ3v) is 2.48. The van der Waals surface area contributed by atoms with Crippen molar-refractivity contribution in [1.82, 2.24) is 0 Å².